The number of imidazole rings is 1. The summed E-state index contributed by atoms with van der Waals surface area (Å²) in [6, 6.07) is 0. The number of amides is 1. The molecule has 0 aliphatic rings. The zero-order valence-corrected chi connectivity index (χ0v) is 5.96. The van der Waals surface area contributed by atoms with Crippen LogP contribution in [0.3, 0.4) is 0 Å². The molecule has 54 valence electrons. The highest BCUT2D eigenvalue weighted by Gasteiger charge is 1.96. The van der Waals surface area contributed by atoms with E-state index in [4.69, 9.17) is 0 Å². The summed E-state index contributed by atoms with van der Waals surface area (Å²) < 4.78 is 1.84. The van der Waals surface area contributed by atoms with Gasteiger partial charge in [0, 0.05) is 13.2 Å². The second-order valence-corrected chi connectivity index (χ2v) is 2.05. The van der Waals surface area contributed by atoms with Crippen molar-refractivity contribution in [3.05, 3.63) is 12.0 Å². The maximum atomic E-state index is 9.93. The number of rotatable bonds is 2. The van der Waals surface area contributed by atoms with Gasteiger partial charge in [-0.1, -0.05) is 0 Å². The van der Waals surface area contributed by atoms with Gasteiger partial charge in [0.15, 0.2) is 5.82 Å². The van der Waals surface area contributed by atoms with Gasteiger partial charge in [0.1, 0.15) is 5.82 Å². The van der Waals surface area contributed by atoms with Crippen molar-refractivity contribution in [3.63, 3.8) is 0 Å². The minimum atomic E-state index is 0.593. The molecule has 1 amide bonds. The maximum Gasteiger partial charge on any atom is 0.212 e. The Hall–Kier alpha value is -1.32. The van der Waals surface area contributed by atoms with E-state index in [1.165, 1.54) is 0 Å². The quantitative estimate of drug-likeness (QED) is 0.599. The molecule has 0 saturated heterocycles. The van der Waals surface area contributed by atoms with Gasteiger partial charge in [0.2, 0.25) is 6.41 Å². The van der Waals surface area contributed by atoms with Crippen molar-refractivity contribution in [3.8, 4) is 0 Å². The Labute approximate surface area is 58.9 Å². The summed E-state index contributed by atoms with van der Waals surface area (Å²) in [5.74, 6) is 1.47. The van der Waals surface area contributed by atoms with Gasteiger partial charge in [0.05, 0.1) is 0 Å². The zero-order valence-electron chi connectivity index (χ0n) is 5.96. The Bertz CT molecular complexity index is 222. The number of carbonyl (C=O) groups is 1. The fourth-order valence-electron chi connectivity index (χ4n) is 0.689. The predicted octanol–water partition coefficient (Wildman–Crippen LogP) is 0.297. The molecule has 1 aromatic rings. The average molecular weight is 139 g/mol. The van der Waals surface area contributed by atoms with E-state index >= 15 is 0 Å². The fourth-order valence-corrected chi connectivity index (χ4v) is 0.689. The third kappa shape index (κ3) is 1.15. The molecule has 0 fully saturated rings. The van der Waals surface area contributed by atoms with Gasteiger partial charge < -0.3 is 9.88 Å². The van der Waals surface area contributed by atoms with Gasteiger partial charge >= 0.3 is 0 Å². The first-order valence-electron chi connectivity index (χ1n) is 2.94. The van der Waals surface area contributed by atoms with E-state index in [0.29, 0.717) is 12.2 Å². The number of carbonyl (C=O) groups excluding carboxylic acids is 1. The van der Waals surface area contributed by atoms with Crippen molar-refractivity contribution in [2.45, 2.75) is 6.92 Å². The molecule has 0 bridgehead atoms. The Morgan fingerprint density at radius 1 is 1.80 bits per heavy atom. The second-order valence-electron chi connectivity index (χ2n) is 2.05. The first-order valence-corrected chi connectivity index (χ1v) is 2.94. The van der Waals surface area contributed by atoms with Crippen molar-refractivity contribution >= 4 is 12.2 Å². The number of aromatic nitrogens is 2. The van der Waals surface area contributed by atoms with Crippen LogP contribution in [0.25, 0.3) is 0 Å². The van der Waals surface area contributed by atoms with Gasteiger partial charge in [-0.25, -0.2) is 4.98 Å². The molecule has 1 aromatic heterocycles. The van der Waals surface area contributed by atoms with E-state index in [1.54, 1.807) is 6.20 Å². The summed E-state index contributed by atoms with van der Waals surface area (Å²) in [5, 5.41) is 2.46. The van der Waals surface area contributed by atoms with Crippen LogP contribution in [-0.2, 0) is 11.8 Å². The Morgan fingerprint density at radius 3 is 2.90 bits per heavy atom. The topological polar surface area (TPSA) is 46.9 Å². The lowest BCUT2D eigenvalue weighted by Crippen LogP contribution is -1.92. The highest BCUT2D eigenvalue weighted by atomic mass is 16.1. The smallest absolute Gasteiger partial charge is 0.212 e. The van der Waals surface area contributed by atoms with Gasteiger partial charge in [0.25, 0.3) is 0 Å². The van der Waals surface area contributed by atoms with E-state index < -0.39 is 0 Å². The summed E-state index contributed by atoms with van der Waals surface area (Å²) in [4.78, 5) is 14.0. The van der Waals surface area contributed by atoms with Gasteiger partial charge in [-0.2, -0.15) is 0 Å². The third-order valence-corrected chi connectivity index (χ3v) is 1.32. The van der Waals surface area contributed by atoms with Gasteiger partial charge in [-0.05, 0) is 6.92 Å². The molecule has 4 nitrogen and oxygen atoms in total. The number of nitrogens with one attached hydrogen (secondary N) is 1. The molecular formula is C6H9N3O. The molecule has 1 N–H and O–H groups in total. The second kappa shape index (κ2) is 2.51. The van der Waals surface area contributed by atoms with Crippen LogP contribution >= 0.6 is 0 Å². The summed E-state index contributed by atoms with van der Waals surface area (Å²) in [5.41, 5.74) is 0. The standard InChI is InChI=1S/C6H9N3O/c1-5-8-6(7-4-10)3-9(5)2/h3-4H,1-2H3,(H,7,10). The Kier molecular flexibility index (Phi) is 1.71. The largest absolute Gasteiger partial charge is 0.336 e. The molecule has 0 aliphatic carbocycles. The van der Waals surface area contributed by atoms with Crippen LogP contribution in [0.15, 0.2) is 6.20 Å². The van der Waals surface area contributed by atoms with Crippen LogP contribution in [0.2, 0.25) is 0 Å². The molecule has 0 atom stereocenters. The molecule has 1 heterocycles. The van der Waals surface area contributed by atoms with Crippen molar-refractivity contribution in [1.82, 2.24) is 9.55 Å². The first kappa shape index (κ1) is 6.80. The van der Waals surface area contributed by atoms with Gasteiger partial charge in [-0.3, -0.25) is 4.79 Å². The van der Waals surface area contributed by atoms with Crippen molar-refractivity contribution in [1.29, 1.82) is 0 Å². The summed E-state index contributed by atoms with van der Waals surface area (Å²) in [7, 11) is 1.87. The van der Waals surface area contributed by atoms with E-state index in [2.05, 4.69) is 10.3 Å². The molecular weight excluding hydrogens is 130 g/mol. The highest BCUT2D eigenvalue weighted by molar-refractivity contribution is 5.68. The summed E-state index contributed by atoms with van der Waals surface area (Å²) in [6.07, 6.45) is 2.37. The molecule has 0 aromatic carbocycles. The molecule has 0 aliphatic heterocycles. The molecule has 10 heavy (non-hydrogen) atoms. The van der Waals surface area contributed by atoms with E-state index in [9.17, 15) is 4.79 Å². The molecule has 0 saturated carbocycles. The first-order chi connectivity index (χ1) is 4.74. The van der Waals surface area contributed by atoms with E-state index in [-0.39, 0.29) is 0 Å². The summed E-state index contributed by atoms with van der Waals surface area (Å²) in [6.45, 7) is 1.87. The minimum absolute atomic E-state index is 0.593. The summed E-state index contributed by atoms with van der Waals surface area (Å²) >= 11 is 0. The zero-order chi connectivity index (χ0) is 7.56. The van der Waals surface area contributed by atoms with E-state index in [1.807, 2.05) is 18.5 Å². The lowest BCUT2D eigenvalue weighted by atomic mass is 10.7. The number of aryl methyl sites for hydroxylation is 2. The SMILES string of the molecule is Cc1nc(NC=O)cn1C. The van der Waals surface area contributed by atoms with Crippen LogP contribution in [0.5, 0.6) is 0 Å². The van der Waals surface area contributed by atoms with Crippen molar-refractivity contribution in [2.75, 3.05) is 5.32 Å². The molecule has 4 heteroatoms. The van der Waals surface area contributed by atoms with Crippen LogP contribution in [0.4, 0.5) is 5.82 Å². The fraction of sp³-hybridized carbons (Fsp3) is 0.333. The van der Waals surface area contributed by atoms with Crippen molar-refractivity contribution in [2.24, 2.45) is 7.05 Å². The average Bonchev–Trinajstić information content (AvgIpc) is 2.14. The Morgan fingerprint density at radius 2 is 2.50 bits per heavy atom. The molecule has 1 rings (SSSR count). The molecule has 0 radical (unpaired) electrons. The highest BCUT2D eigenvalue weighted by Crippen LogP contribution is 2.03. The maximum absolute atomic E-state index is 9.93. The van der Waals surface area contributed by atoms with Crippen molar-refractivity contribution < 1.29 is 4.79 Å². The third-order valence-electron chi connectivity index (χ3n) is 1.32. The lowest BCUT2D eigenvalue weighted by molar-refractivity contribution is -0.105. The van der Waals surface area contributed by atoms with Crippen LogP contribution in [-0.4, -0.2) is 16.0 Å². The number of nitrogens with zero attached hydrogens (tertiary/aromatic N) is 2. The number of anilines is 1. The lowest BCUT2D eigenvalue weighted by Gasteiger charge is -1.87. The van der Waals surface area contributed by atoms with Crippen LogP contribution < -0.4 is 5.32 Å². The normalized spacial score (nSPS) is 9.40. The minimum Gasteiger partial charge on any atom is -0.336 e. The Balaban J connectivity index is 2.86. The molecule has 0 spiro atoms. The number of hydrogen-bond donors (Lipinski definition) is 1. The monoisotopic (exact) mass is 139 g/mol. The van der Waals surface area contributed by atoms with Crippen LogP contribution in [0, 0.1) is 6.92 Å². The van der Waals surface area contributed by atoms with E-state index in [0.717, 1.165) is 5.82 Å². The predicted molar refractivity (Wildman–Crippen MR) is 37.6 cm³/mol. The van der Waals surface area contributed by atoms with Crippen LogP contribution in [0.1, 0.15) is 5.82 Å². The number of hydrogen-bond acceptors (Lipinski definition) is 2. The molecule has 0 unspecified atom stereocenters. The van der Waals surface area contributed by atoms with Gasteiger partial charge in [-0.15, -0.1) is 0 Å².